The van der Waals surface area contributed by atoms with Crippen LogP contribution in [0.25, 0.3) is 0 Å². The zero-order valence-corrected chi connectivity index (χ0v) is 9.85. The minimum absolute atomic E-state index is 0.230. The van der Waals surface area contributed by atoms with E-state index in [2.05, 4.69) is 30.8 Å². The van der Waals surface area contributed by atoms with Gasteiger partial charge in [-0.05, 0) is 25.1 Å². The zero-order valence-electron chi connectivity index (χ0n) is 9.85. The van der Waals surface area contributed by atoms with Crippen LogP contribution < -0.4 is 5.73 Å². The Morgan fingerprint density at radius 3 is 2.60 bits per heavy atom. The molecular formula is C12H21N3. The minimum Gasteiger partial charge on any atom is -0.329 e. The van der Waals surface area contributed by atoms with Crippen molar-refractivity contribution in [2.75, 3.05) is 20.1 Å². The highest BCUT2D eigenvalue weighted by Crippen LogP contribution is 2.16. The Labute approximate surface area is 92.3 Å². The molecule has 1 heterocycles. The first-order valence-electron chi connectivity index (χ1n) is 5.46. The van der Waals surface area contributed by atoms with Crippen LogP contribution in [0.5, 0.6) is 0 Å². The average Bonchev–Trinajstić information content (AvgIpc) is 2.19. The number of aromatic nitrogens is 1. The molecule has 1 unspecified atom stereocenters. The summed E-state index contributed by atoms with van der Waals surface area (Å²) in [5.41, 5.74) is 6.86. The first-order chi connectivity index (χ1) is 7.15. The molecule has 0 saturated heterocycles. The summed E-state index contributed by atoms with van der Waals surface area (Å²) in [7, 11) is 2.10. The van der Waals surface area contributed by atoms with E-state index in [1.54, 1.807) is 0 Å². The predicted octanol–water partition coefficient (Wildman–Crippen LogP) is 1.67. The largest absolute Gasteiger partial charge is 0.329 e. The lowest BCUT2D eigenvalue weighted by Gasteiger charge is -2.27. The first-order valence-corrected chi connectivity index (χ1v) is 5.46. The molecule has 1 aromatic heterocycles. The summed E-state index contributed by atoms with van der Waals surface area (Å²) in [6, 6.07) is 6.20. The van der Waals surface area contributed by atoms with Crippen LogP contribution in [0.2, 0.25) is 0 Å². The monoisotopic (exact) mass is 207 g/mol. The standard InChI is InChI=1S/C12H21N3/c1-10(2)9-15(3)12(8-13)11-6-4-5-7-14-11/h4-7,10,12H,8-9,13H2,1-3H3. The van der Waals surface area contributed by atoms with Crippen LogP contribution in [-0.2, 0) is 0 Å². The summed E-state index contributed by atoms with van der Waals surface area (Å²) in [4.78, 5) is 6.63. The van der Waals surface area contributed by atoms with E-state index >= 15 is 0 Å². The van der Waals surface area contributed by atoms with Crippen molar-refractivity contribution in [3.8, 4) is 0 Å². The van der Waals surface area contributed by atoms with Crippen molar-refractivity contribution >= 4 is 0 Å². The molecule has 0 saturated carbocycles. The number of pyridine rings is 1. The molecule has 0 aliphatic carbocycles. The second kappa shape index (κ2) is 5.83. The Morgan fingerprint density at radius 1 is 1.40 bits per heavy atom. The Bertz CT molecular complexity index is 271. The van der Waals surface area contributed by atoms with E-state index in [4.69, 9.17) is 5.73 Å². The minimum atomic E-state index is 0.230. The molecule has 0 aliphatic heterocycles. The molecule has 15 heavy (non-hydrogen) atoms. The first kappa shape index (κ1) is 12.1. The van der Waals surface area contributed by atoms with E-state index in [0.717, 1.165) is 12.2 Å². The predicted molar refractivity (Wildman–Crippen MR) is 63.5 cm³/mol. The van der Waals surface area contributed by atoms with Crippen LogP contribution in [0.15, 0.2) is 24.4 Å². The van der Waals surface area contributed by atoms with E-state index in [1.165, 1.54) is 0 Å². The van der Waals surface area contributed by atoms with Gasteiger partial charge in [0.25, 0.3) is 0 Å². The summed E-state index contributed by atoms with van der Waals surface area (Å²) in [5, 5.41) is 0. The third-order valence-corrected chi connectivity index (χ3v) is 2.44. The van der Waals surface area contributed by atoms with Crippen LogP contribution in [0.1, 0.15) is 25.6 Å². The molecule has 0 bridgehead atoms. The van der Waals surface area contributed by atoms with Gasteiger partial charge in [0, 0.05) is 19.3 Å². The Hall–Kier alpha value is -0.930. The molecule has 0 amide bonds. The lowest BCUT2D eigenvalue weighted by atomic mass is 10.1. The maximum absolute atomic E-state index is 5.80. The van der Waals surface area contributed by atoms with E-state index in [0.29, 0.717) is 12.5 Å². The zero-order chi connectivity index (χ0) is 11.3. The maximum Gasteiger partial charge on any atom is 0.0642 e. The molecule has 0 spiro atoms. The molecule has 0 aliphatic rings. The third kappa shape index (κ3) is 3.61. The molecule has 0 radical (unpaired) electrons. The fraction of sp³-hybridized carbons (Fsp3) is 0.583. The van der Waals surface area contributed by atoms with Crippen molar-refractivity contribution in [2.24, 2.45) is 11.7 Å². The summed E-state index contributed by atoms with van der Waals surface area (Å²) >= 11 is 0. The van der Waals surface area contributed by atoms with E-state index in [1.807, 2.05) is 24.4 Å². The number of nitrogens with zero attached hydrogens (tertiary/aromatic N) is 2. The maximum atomic E-state index is 5.80. The van der Waals surface area contributed by atoms with Crippen molar-refractivity contribution in [2.45, 2.75) is 19.9 Å². The molecule has 1 atom stereocenters. The molecular weight excluding hydrogens is 186 g/mol. The summed E-state index contributed by atoms with van der Waals surface area (Å²) in [6.07, 6.45) is 1.82. The molecule has 0 fully saturated rings. The Morgan fingerprint density at radius 2 is 2.13 bits per heavy atom. The smallest absolute Gasteiger partial charge is 0.0642 e. The number of likely N-dealkylation sites (N-methyl/N-ethyl adjacent to an activating group) is 1. The van der Waals surface area contributed by atoms with Gasteiger partial charge in [0.15, 0.2) is 0 Å². The van der Waals surface area contributed by atoms with Gasteiger partial charge in [-0.25, -0.2) is 0 Å². The normalized spacial score (nSPS) is 13.5. The SMILES string of the molecule is CC(C)CN(C)C(CN)c1ccccn1. The van der Waals surface area contributed by atoms with Crippen LogP contribution in [0.3, 0.4) is 0 Å². The second-order valence-corrected chi connectivity index (χ2v) is 4.34. The third-order valence-electron chi connectivity index (χ3n) is 2.44. The molecule has 1 aromatic rings. The van der Waals surface area contributed by atoms with Gasteiger partial charge >= 0.3 is 0 Å². The van der Waals surface area contributed by atoms with Crippen LogP contribution in [0.4, 0.5) is 0 Å². The molecule has 3 nitrogen and oxygen atoms in total. The van der Waals surface area contributed by atoms with Gasteiger partial charge in [0.2, 0.25) is 0 Å². The van der Waals surface area contributed by atoms with Crippen molar-refractivity contribution in [1.29, 1.82) is 0 Å². The molecule has 3 heteroatoms. The van der Waals surface area contributed by atoms with Crippen LogP contribution in [-0.4, -0.2) is 30.0 Å². The topological polar surface area (TPSA) is 42.1 Å². The quantitative estimate of drug-likeness (QED) is 0.798. The molecule has 0 aromatic carbocycles. The van der Waals surface area contributed by atoms with Crippen molar-refractivity contribution < 1.29 is 0 Å². The van der Waals surface area contributed by atoms with E-state index in [-0.39, 0.29) is 6.04 Å². The van der Waals surface area contributed by atoms with Gasteiger partial charge in [0.05, 0.1) is 11.7 Å². The van der Waals surface area contributed by atoms with Gasteiger partial charge in [-0.15, -0.1) is 0 Å². The average molecular weight is 207 g/mol. The van der Waals surface area contributed by atoms with Gasteiger partial charge in [-0.3, -0.25) is 9.88 Å². The fourth-order valence-electron chi connectivity index (χ4n) is 1.80. The number of nitrogens with two attached hydrogens (primary N) is 1. The Balaban J connectivity index is 2.71. The highest BCUT2D eigenvalue weighted by Gasteiger charge is 2.16. The molecule has 84 valence electrons. The molecule has 2 N–H and O–H groups in total. The second-order valence-electron chi connectivity index (χ2n) is 4.34. The fourth-order valence-corrected chi connectivity index (χ4v) is 1.80. The highest BCUT2D eigenvalue weighted by atomic mass is 15.1. The number of hydrogen-bond acceptors (Lipinski definition) is 3. The van der Waals surface area contributed by atoms with Gasteiger partial charge < -0.3 is 5.73 Å². The van der Waals surface area contributed by atoms with Crippen molar-refractivity contribution in [3.63, 3.8) is 0 Å². The highest BCUT2D eigenvalue weighted by molar-refractivity contribution is 5.09. The van der Waals surface area contributed by atoms with Gasteiger partial charge in [-0.1, -0.05) is 19.9 Å². The Kier molecular flexibility index (Phi) is 4.72. The van der Waals surface area contributed by atoms with Crippen molar-refractivity contribution in [1.82, 2.24) is 9.88 Å². The van der Waals surface area contributed by atoms with E-state index in [9.17, 15) is 0 Å². The van der Waals surface area contributed by atoms with Gasteiger partial charge in [-0.2, -0.15) is 0 Å². The van der Waals surface area contributed by atoms with E-state index < -0.39 is 0 Å². The lowest BCUT2D eigenvalue weighted by molar-refractivity contribution is 0.220. The summed E-state index contributed by atoms with van der Waals surface area (Å²) in [5.74, 6) is 0.646. The van der Waals surface area contributed by atoms with Gasteiger partial charge in [0.1, 0.15) is 0 Å². The van der Waals surface area contributed by atoms with Crippen molar-refractivity contribution in [3.05, 3.63) is 30.1 Å². The lowest BCUT2D eigenvalue weighted by Crippen LogP contribution is -2.33. The van der Waals surface area contributed by atoms with Crippen LogP contribution >= 0.6 is 0 Å². The summed E-state index contributed by atoms with van der Waals surface area (Å²) in [6.45, 7) is 6.07. The van der Waals surface area contributed by atoms with Crippen LogP contribution in [0, 0.1) is 5.92 Å². The number of hydrogen-bond donors (Lipinski definition) is 1. The number of rotatable bonds is 5. The summed E-state index contributed by atoms with van der Waals surface area (Å²) < 4.78 is 0. The molecule has 1 rings (SSSR count).